The van der Waals surface area contributed by atoms with Crippen LogP contribution in [0.2, 0.25) is 0 Å². The van der Waals surface area contributed by atoms with Gasteiger partial charge in [0.05, 0.1) is 6.04 Å². The second-order valence-corrected chi connectivity index (χ2v) is 7.01. The normalized spacial score (nSPS) is 18.1. The van der Waals surface area contributed by atoms with Crippen LogP contribution in [0, 0.1) is 11.8 Å². The average molecular weight is 427 g/mol. The Labute approximate surface area is 159 Å². The average Bonchev–Trinajstić information content (AvgIpc) is 2.93. The summed E-state index contributed by atoms with van der Waals surface area (Å²) in [5, 5.41) is 2.99. The van der Waals surface area contributed by atoms with Gasteiger partial charge < -0.3 is 16.0 Å². The number of halogens is 3. The summed E-state index contributed by atoms with van der Waals surface area (Å²) in [7, 11) is 0. The van der Waals surface area contributed by atoms with Crippen LogP contribution in [-0.4, -0.2) is 31.6 Å². The van der Waals surface area contributed by atoms with Gasteiger partial charge >= 0.3 is 0 Å². The SMILES string of the molecule is CC(C)[C@H](N)C(=O)NCC1CCN(c2ccc(Br)cc2)C1.Cl.Cl. The molecule has 1 saturated heterocycles. The van der Waals surface area contributed by atoms with Crippen LogP contribution < -0.4 is 16.0 Å². The molecule has 1 heterocycles. The molecule has 4 nitrogen and oxygen atoms in total. The third kappa shape index (κ3) is 6.49. The highest BCUT2D eigenvalue weighted by Crippen LogP contribution is 2.24. The van der Waals surface area contributed by atoms with Crippen LogP contribution in [0.3, 0.4) is 0 Å². The van der Waals surface area contributed by atoms with E-state index >= 15 is 0 Å². The molecule has 1 unspecified atom stereocenters. The number of rotatable bonds is 5. The van der Waals surface area contributed by atoms with Gasteiger partial charge in [-0.15, -0.1) is 24.8 Å². The standard InChI is InChI=1S/C16H24BrN3O.2ClH/c1-11(2)15(18)16(21)19-9-12-7-8-20(10-12)14-5-3-13(17)4-6-14;;/h3-6,11-12,15H,7-10,18H2,1-2H3,(H,19,21);2*1H/t12?,15-;;/m0../s1. The first-order chi connectivity index (χ1) is 9.97. The van der Waals surface area contributed by atoms with Gasteiger partial charge in [-0.25, -0.2) is 0 Å². The molecule has 0 radical (unpaired) electrons. The predicted molar refractivity (Wildman–Crippen MR) is 105 cm³/mol. The second-order valence-electron chi connectivity index (χ2n) is 6.09. The zero-order valence-electron chi connectivity index (χ0n) is 13.5. The lowest BCUT2D eigenvalue weighted by atomic mass is 10.0. The van der Waals surface area contributed by atoms with E-state index in [1.54, 1.807) is 0 Å². The van der Waals surface area contributed by atoms with E-state index in [1.807, 2.05) is 13.8 Å². The highest BCUT2D eigenvalue weighted by Gasteiger charge is 2.24. The van der Waals surface area contributed by atoms with Crippen molar-refractivity contribution in [1.82, 2.24) is 5.32 Å². The molecule has 0 bridgehead atoms. The Balaban J connectivity index is 0.00000242. The van der Waals surface area contributed by atoms with E-state index in [0.29, 0.717) is 12.5 Å². The van der Waals surface area contributed by atoms with Gasteiger partial charge in [-0.3, -0.25) is 4.79 Å². The fourth-order valence-corrected chi connectivity index (χ4v) is 2.82. The van der Waals surface area contributed by atoms with E-state index in [0.717, 1.165) is 24.0 Å². The number of anilines is 1. The van der Waals surface area contributed by atoms with Crippen LogP contribution in [0.4, 0.5) is 5.69 Å². The van der Waals surface area contributed by atoms with Crippen LogP contribution in [0.1, 0.15) is 20.3 Å². The Hall–Kier alpha value is -0.490. The van der Waals surface area contributed by atoms with Crippen molar-refractivity contribution in [2.24, 2.45) is 17.6 Å². The van der Waals surface area contributed by atoms with Crippen molar-refractivity contribution in [3.8, 4) is 0 Å². The monoisotopic (exact) mass is 425 g/mol. The quantitative estimate of drug-likeness (QED) is 0.759. The molecule has 1 aromatic rings. The van der Waals surface area contributed by atoms with Crippen molar-refractivity contribution >= 4 is 52.3 Å². The molecule has 0 saturated carbocycles. The van der Waals surface area contributed by atoms with Gasteiger partial charge in [-0.05, 0) is 42.5 Å². The zero-order chi connectivity index (χ0) is 15.4. The summed E-state index contributed by atoms with van der Waals surface area (Å²) in [6.45, 7) is 6.67. The fraction of sp³-hybridized carbons (Fsp3) is 0.562. The number of nitrogens with one attached hydrogen (secondary N) is 1. The Morgan fingerprint density at radius 2 is 1.96 bits per heavy atom. The summed E-state index contributed by atoms with van der Waals surface area (Å²) in [6, 6.07) is 7.96. The van der Waals surface area contributed by atoms with E-state index in [9.17, 15) is 4.79 Å². The molecular formula is C16H26BrCl2N3O. The minimum absolute atomic E-state index is 0. The fourth-order valence-electron chi connectivity index (χ4n) is 2.55. The summed E-state index contributed by atoms with van der Waals surface area (Å²) >= 11 is 3.45. The lowest BCUT2D eigenvalue weighted by Crippen LogP contribution is -2.45. The number of benzene rings is 1. The molecule has 0 aliphatic carbocycles. The van der Waals surface area contributed by atoms with Crippen LogP contribution in [0.15, 0.2) is 28.7 Å². The maximum atomic E-state index is 11.9. The Bertz CT molecular complexity index is 485. The van der Waals surface area contributed by atoms with Gasteiger partial charge in [-0.1, -0.05) is 29.8 Å². The van der Waals surface area contributed by atoms with Crippen molar-refractivity contribution in [1.29, 1.82) is 0 Å². The van der Waals surface area contributed by atoms with E-state index < -0.39 is 6.04 Å². The van der Waals surface area contributed by atoms with Crippen molar-refractivity contribution in [3.05, 3.63) is 28.7 Å². The minimum Gasteiger partial charge on any atom is -0.371 e. The molecular weight excluding hydrogens is 401 g/mol. The van der Waals surface area contributed by atoms with E-state index in [1.165, 1.54) is 5.69 Å². The van der Waals surface area contributed by atoms with Crippen molar-refractivity contribution < 1.29 is 4.79 Å². The molecule has 1 amide bonds. The number of nitrogens with zero attached hydrogens (tertiary/aromatic N) is 1. The van der Waals surface area contributed by atoms with Gasteiger partial charge in [0.25, 0.3) is 0 Å². The third-order valence-corrected chi connectivity index (χ3v) is 4.59. The first-order valence-corrected chi connectivity index (χ1v) is 8.30. The maximum absolute atomic E-state index is 11.9. The molecule has 1 aromatic carbocycles. The molecule has 0 spiro atoms. The number of amides is 1. The molecule has 3 N–H and O–H groups in total. The van der Waals surface area contributed by atoms with Gasteiger partial charge in [0, 0.05) is 29.8 Å². The van der Waals surface area contributed by atoms with E-state index in [-0.39, 0.29) is 36.6 Å². The maximum Gasteiger partial charge on any atom is 0.237 e. The third-order valence-electron chi connectivity index (χ3n) is 4.06. The summed E-state index contributed by atoms with van der Waals surface area (Å²) in [5.74, 6) is 0.636. The summed E-state index contributed by atoms with van der Waals surface area (Å²) in [6.07, 6.45) is 1.10. The van der Waals surface area contributed by atoms with Gasteiger partial charge in [-0.2, -0.15) is 0 Å². The molecule has 0 aromatic heterocycles. The van der Waals surface area contributed by atoms with Crippen molar-refractivity contribution in [3.63, 3.8) is 0 Å². The molecule has 1 fully saturated rings. The first kappa shape index (κ1) is 22.5. The summed E-state index contributed by atoms with van der Waals surface area (Å²) in [4.78, 5) is 14.2. The summed E-state index contributed by atoms with van der Waals surface area (Å²) in [5.41, 5.74) is 7.09. The second kappa shape index (κ2) is 10.4. The van der Waals surface area contributed by atoms with Crippen molar-refractivity contribution in [2.75, 3.05) is 24.5 Å². The van der Waals surface area contributed by atoms with Crippen LogP contribution in [0.5, 0.6) is 0 Å². The van der Waals surface area contributed by atoms with Crippen LogP contribution in [0.25, 0.3) is 0 Å². The van der Waals surface area contributed by atoms with Crippen LogP contribution in [-0.2, 0) is 4.79 Å². The number of carbonyl (C=O) groups excluding carboxylic acids is 1. The molecule has 2 atom stereocenters. The first-order valence-electron chi connectivity index (χ1n) is 7.51. The smallest absolute Gasteiger partial charge is 0.237 e. The topological polar surface area (TPSA) is 58.4 Å². The molecule has 2 rings (SSSR count). The highest BCUT2D eigenvalue weighted by atomic mass is 79.9. The predicted octanol–water partition coefficient (Wildman–Crippen LogP) is 3.22. The molecule has 132 valence electrons. The number of carbonyl (C=O) groups is 1. The van der Waals surface area contributed by atoms with Gasteiger partial charge in [0.1, 0.15) is 0 Å². The van der Waals surface area contributed by atoms with Gasteiger partial charge in [0.2, 0.25) is 5.91 Å². The zero-order valence-corrected chi connectivity index (χ0v) is 16.7. The number of hydrogen-bond donors (Lipinski definition) is 2. The highest BCUT2D eigenvalue weighted by molar-refractivity contribution is 9.10. The molecule has 1 aliphatic rings. The Kier molecular flexibility index (Phi) is 10.2. The lowest BCUT2D eigenvalue weighted by Gasteiger charge is -2.20. The van der Waals surface area contributed by atoms with E-state index in [2.05, 4.69) is 50.4 Å². The number of hydrogen-bond acceptors (Lipinski definition) is 3. The number of nitrogens with two attached hydrogens (primary N) is 1. The van der Waals surface area contributed by atoms with E-state index in [4.69, 9.17) is 5.73 Å². The largest absolute Gasteiger partial charge is 0.371 e. The molecule has 1 aliphatic heterocycles. The van der Waals surface area contributed by atoms with Crippen molar-refractivity contribution in [2.45, 2.75) is 26.3 Å². The Morgan fingerprint density at radius 1 is 1.35 bits per heavy atom. The summed E-state index contributed by atoms with van der Waals surface area (Å²) < 4.78 is 1.09. The molecule has 7 heteroatoms. The van der Waals surface area contributed by atoms with Crippen LogP contribution >= 0.6 is 40.7 Å². The Morgan fingerprint density at radius 3 is 2.52 bits per heavy atom. The lowest BCUT2D eigenvalue weighted by molar-refractivity contribution is -0.123. The minimum atomic E-state index is -0.408. The van der Waals surface area contributed by atoms with Gasteiger partial charge in [0.15, 0.2) is 0 Å². The molecule has 23 heavy (non-hydrogen) atoms.